The van der Waals surface area contributed by atoms with Gasteiger partial charge in [-0.05, 0) is 26.3 Å². The summed E-state index contributed by atoms with van der Waals surface area (Å²) in [6, 6.07) is 7.25. The number of hydrogen-bond acceptors (Lipinski definition) is 4. The van der Waals surface area contributed by atoms with Crippen LogP contribution in [0.1, 0.15) is 31.1 Å². The van der Waals surface area contributed by atoms with E-state index in [2.05, 4.69) is 5.10 Å². The average Bonchev–Trinajstić information content (AvgIpc) is 2.84. The van der Waals surface area contributed by atoms with Gasteiger partial charge in [-0.15, -0.1) is 0 Å². The summed E-state index contributed by atoms with van der Waals surface area (Å²) in [5, 5.41) is 4.14. The zero-order valence-electron chi connectivity index (χ0n) is 12.4. The molecule has 0 aliphatic rings. The van der Waals surface area contributed by atoms with Gasteiger partial charge in [0.2, 0.25) is 0 Å². The molecule has 0 atom stereocenters. The van der Waals surface area contributed by atoms with Gasteiger partial charge in [0.15, 0.2) is 6.29 Å². The lowest BCUT2D eigenvalue weighted by Gasteiger charge is -2.19. The van der Waals surface area contributed by atoms with Gasteiger partial charge >= 0.3 is 5.97 Å². The van der Waals surface area contributed by atoms with E-state index in [1.54, 1.807) is 24.5 Å². The highest BCUT2D eigenvalue weighted by Gasteiger charge is 2.17. The van der Waals surface area contributed by atoms with E-state index in [1.807, 2.05) is 32.9 Å². The molecule has 1 heterocycles. The molecule has 0 radical (unpaired) electrons. The first-order valence-corrected chi connectivity index (χ1v) is 6.68. The molecular weight excluding hydrogens is 268 g/mol. The van der Waals surface area contributed by atoms with Gasteiger partial charge in [-0.25, -0.2) is 0 Å². The molecule has 2 rings (SSSR count). The summed E-state index contributed by atoms with van der Waals surface area (Å²) in [7, 11) is 0. The third-order valence-corrected chi connectivity index (χ3v) is 2.74. The fraction of sp³-hybridized carbons (Fsp3) is 0.312. The Balaban J connectivity index is 2.15. The number of hydrogen-bond donors (Lipinski definition) is 0. The maximum absolute atomic E-state index is 11.8. The van der Waals surface area contributed by atoms with Gasteiger partial charge in [0, 0.05) is 17.3 Å². The smallest absolute Gasteiger partial charge is 0.328 e. The molecule has 0 saturated carbocycles. The molecular formula is C16H18N2O3. The highest BCUT2D eigenvalue weighted by molar-refractivity contribution is 5.87. The largest absolute Gasteiger partial charge is 0.459 e. The molecule has 0 fully saturated rings. The molecule has 0 saturated heterocycles. The Morgan fingerprint density at radius 1 is 1.33 bits per heavy atom. The van der Waals surface area contributed by atoms with Gasteiger partial charge in [0.1, 0.15) is 12.1 Å². The maximum atomic E-state index is 11.8. The molecule has 5 heteroatoms. The van der Waals surface area contributed by atoms with E-state index in [9.17, 15) is 9.59 Å². The van der Waals surface area contributed by atoms with Crippen LogP contribution in [0.25, 0.3) is 11.1 Å². The monoisotopic (exact) mass is 286 g/mol. The number of ether oxygens (including phenoxy) is 1. The van der Waals surface area contributed by atoms with Crippen LogP contribution in [0.2, 0.25) is 0 Å². The van der Waals surface area contributed by atoms with Crippen molar-refractivity contribution in [2.45, 2.75) is 32.9 Å². The number of benzene rings is 1. The van der Waals surface area contributed by atoms with Crippen LogP contribution in [0, 0.1) is 0 Å². The predicted molar refractivity (Wildman–Crippen MR) is 78.9 cm³/mol. The summed E-state index contributed by atoms with van der Waals surface area (Å²) in [5.74, 6) is -0.346. The Hall–Kier alpha value is -2.43. The first-order chi connectivity index (χ1) is 9.89. The number of carbonyl (C=O) groups is 2. The minimum absolute atomic E-state index is 0.0422. The van der Waals surface area contributed by atoms with Crippen molar-refractivity contribution in [1.29, 1.82) is 0 Å². The Morgan fingerprint density at radius 2 is 2.05 bits per heavy atom. The van der Waals surface area contributed by atoms with Crippen molar-refractivity contribution in [3.8, 4) is 11.1 Å². The van der Waals surface area contributed by atoms with Crippen molar-refractivity contribution in [2.75, 3.05) is 0 Å². The summed E-state index contributed by atoms with van der Waals surface area (Å²) in [4.78, 5) is 22.8. The number of nitrogens with zero attached hydrogens (tertiary/aromatic N) is 2. The fourth-order valence-corrected chi connectivity index (χ4v) is 1.96. The van der Waals surface area contributed by atoms with E-state index in [0.717, 1.165) is 17.4 Å². The van der Waals surface area contributed by atoms with Crippen molar-refractivity contribution in [1.82, 2.24) is 9.78 Å². The number of carbonyl (C=O) groups excluding carboxylic acids is 2. The fourth-order valence-electron chi connectivity index (χ4n) is 1.96. The molecule has 110 valence electrons. The standard InChI is InChI=1S/C16H18N2O3/c1-16(2,3)21-15(20)10-18-9-13(8-17-18)14-7-5-4-6-12(14)11-19/h4-9,11H,10H2,1-3H3. The number of esters is 1. The molecule has 0 spiro atoms. The Morgan fingerprint density at radius 3 is 2.71 bits per heavy atom. The molecule has 1 aromatic heterocycles. The first kappa shape index (κ1) is 15.0. The van der Waals surface area contributed by atoms with Crippen LogP contribution in [-0.2, 0) is 16.1 Å². The number of aromatic nitrogens is 2. The molecule has 1 aromatic carbocycles. The molecule has 21 heavy (non-hydrogen) atoms. The molecule has 0 N–H and O–H groups in total. The third kappa shape index (κ3) is 4.02. The van der Waals surface area contributed by atoms with Crippen LogP contribution >= 0.6 is 0 Å². The highest BCUT2D eigenvalue weighted by Crippen LogP contribution is 2.21. The first-order valence-electron chi connectivity index (χ1n) is 6.68. The van der Waals surface area contributed by atoms with E-state index >= 15 is 0 Å². The van der Waals surface area contributed by atoms with Gasteiger partial charge in [-0.1, -0.05) is 24.3 Å². The Labute approximate surface area is 123 Å². The number of aldehydes is 1. The van der Waals surface area contributed by atoms with Crippen LogP contribution < -0.4 is 0 Å². The third-order valence-electron chi connectivity index (χ3n) is 2.74. The normalized spacial score (nSPS) is 11.2. The Kier molecular flexibility index (Phi) is 4.21. The number of rotatable bonds is 4. The average molecular weight is 286 g/mol. The molecule has 0 unspecified atom stereocenters. The SMILES string of the molecule is CC(C)(C)OC(=O)Cn1cc(-c2ccccc2C=O)cn1. The molecule has 0 bridgehead atoms. The minimum atomic E-state index is -0.517. The van der Waals surface area contributed by atoms with Gasteiger partial charge in [0.05, 0.1) is 6.20 Å². The maximum Gasteiger partial charge on any atom is 0.328 e. The van der Waals surface area contributed by atoms with Gasteiger partial charge in [0.25, 0.3) is 0 Å². The Bertz CT molecular complexity index is 654. The topological polar surface area (TPSA) is 61.2 Å². The van der Waals surface area contributed by atoms with E-state index < -0.39 is 5.60 Å². The van der Waals surface area contributed by atoms with Crippen molar-refractivity contribution >= 4 is 12.3 Å². The van der Waals surface area contributed by atoms with Crippen molar-refractivity contribution in [3.63, 3.8) is 0 Å². The van der Waals surface area contributed by atoms with Crippen molar-refractivity contribution < 1.29 is 14.3 Å². The second-order valence-corrected chi connectivity index (χ2v) is 5.72. The van der Waals surface area contributed by atoms with Gasteiger partial charge in [-0.2, -0.15) is 5.10 Å². The molecule has 0 aliphatic heterocycles. The summed E-state index contributed by atoms with van der Waals surface area (Å²) in [6.45, 7) is 5.50. The van der Waals surface area contributed by atoms with E-state index in [4.69, 9.17) is 4.74 Å². The predicted octanol–water partition coefficient (Wildman–Crippen LogP) is 2.70. The van der Waals surface area contributed by atoms with Crippen molar-refractivity contribution in [3.05, 3.63) is 42.2 Å². The second-order valence-electron chi connectivity index (χ2n) is 5.72. The summed E-state index contributed by atoms with van der Waals surface area (Å²) in [6.07, 6.45) is 4.17. The second kappa shape index (κ2) is 5.91. The lowest BCUT2D eigenvalue weighted by Crippen LogP contribution is -2.26. The van der Waals surface area contributed by atoms with Gasteiger partial charge in [-0.3, -0.25) is 14.3 Å². The van der Waals surface area contributed by atoms with Crippen LogP contribution in [0.3, 0.4) is 0 Å². The molecule has 0 amide bonds. The van der Waals surface area contributed by atoms with Crippen LogP contribution in [0.5, 0.6) is 0 Å². The molecule has 2 aromatic rings. The molecule has 0 aliphatic carbocycles. The zero-order chi connectivity index (χ0) is 15.5. The van der Waals surface area contributed by atoms with Crippen LogP contribution in [0.4, 0.5) is 0 Å². The van der Waals surface area contributed by atoms with Gasteiger partial charge < -0.3 is 4.74 Å². The van der Waals surface area contributed by atoms with Crippen molar-refractivity contribution in [2.24, 2.45) is 0 Å². The van der Waals surface area contributed by atoms with E-state index in [0.29, 0.717) is 5.56 Å². The highest BCUT2D eigenvalue weighted by atomic mass is 16.6. The lowest BCUT2D eigenvalue weighted by molar-refractivity contribution is -0.155. The quantitative estimate of drug-likeness (QED) is 0.640. The van der Waals surface area contributed by atoms with Crippen LogP contribution in [-0.4, -0.2) is 27.6 Å². The van der Waals surface area contributed by atoms with E-state index in [1.165, 1.54) is 4.68 Å². The van der Waals surface area contributed by atoms with Crippen LogP contribution in [0.15, 0.2) is 36.7 Å². The summed E-state index contributed by atoms with van der Waals surface area (Å²) >= 11 is 0. The molecule has 5 nitrogen and oxygen atoms in total. The summed E-state index contributed by atoms with van der Waals surface area (Å²) in [5.41, 5.74) is 1.66. The summed E-state index contributed by atoms with van der Waals surface area (Å²) < 4.78 is 6.75. The zero-order valence-corrected chi connectivity index (χ0v) is 12.4. The van der Waals surface area contributed by atoms with E-state index in [-0.39, 0.29) is 12.5 Å². The minimum Gasteiger partial charge on any atom is -0.459 e. The lowest BCUT2D eigenvalue weighted by atomic mass is 10.0.